The van der Waals surface area contributed by atoms with Crippen molar-refractivity contribution in [3.8, 4) is 6.07 Å². The van der Waals surface area contributed by atoms with Gasteiger partial charge in [-0.15, -0.1) is 0 Å². The van der Waals surface area contributed by atoms with Crippen LogP contribution in [-0.4, -0.2) is 18.1 Å². The van der Waals surface area contributed by atoms with Gasteiger partial charge in [0.15, 0.2) is 0 Å². The molecule has 0 atom stereocenters. The van der Waals surface area contributed by atoms with Crippen LogP contribution in [0.2, 0.25) is 0 Å². The fourth-order valence-electron chi connectivity index (χ4n) is 3.61. The van der Waals surface area contributed by atoms with Crippen LogP contribution in [-0.2, 0) is 6.54 Å². The SMILES string of the molecule is Cc1ccc(CN2CCCN2c2ccc(C#N)c3ccccc23)cc1. The number of benzene rings is 3. The average Bonchev–Trinajstić information content (AvgIpc) is 3.10. The molecule has 1 heterocycles. The van der Waals surface area contributed by atoms with E-state index in [-0.39, 0.29) is 0 Å². The van der Waals surface area contributed by atoms with E-state index in [1.807, 2.05) is 24.3 Å². The van der Waals surface area contributed by atoms with Gasteiger partial charge in [0.05, 0.1) is 17.3 Å². The summed E-state index contributed by atoms with van der Waals surface area (Å²) in [6.07, 6.45) is 1.15. The Kier molecular flexibility index (Phi) is 4.13. The van der Waals surface area contributed by atoms with E-state index < -0.39 is 0 Å². The normalized spacial score (nSPS) is 14.8. The number of hydrazine groups is 1. The molecular formula is C22H21N3. The molecule has 0 unspecified atom stereocenters. The minimum Gasteiger partial charge on any atom is -0.305 e. The summed E-state index contributed by atoms with van der Waals surface area (Å²) in [4.78, 5) is 0. The first kappa shape index (κ1) is 15.7. The van der Waals surface area contributed by atoms with E-state index in [1.165, 1.54) is 16.8 Å². The van der Waals surface area contributed by atoms with Gasteiger partial charge in [0.25, 0.3) is 0 Å². The summed E-state index contributed by atoms with van der Waals surface area (Å²) in [7, 11) is 0. The van der Waals surface area contributed by atoms with Crippen molar-refractivity contribution in [3.05, 3.63) is 77.4 Å². The maximum Gasteiger partial charge on any atom is 0.0998 e. The lowest BCUT2D eigenvalue weighted by atomic mass is 10.0. The Morgan fingerprint density at radius 2 is 1.68 bits per heavy atom. The van der Waals surface area contributed by atoms with Gasteiger partial charge in [0, 0.05) is 30.4 Å². The van der Waals surface area contributed by atoms with E-state index in [1.54, 1.807) is 0 Å². The molecule has 3 aromatic rings. The van der Waals surface area contributed by atoms with E-state index in [4.69, 9.17) is 0 Å². The van der Waals surface area contributed by atoms with Gasteiger partial charge >= 0.3 is 0 Å². The number of hydrogen-bond acceptors (Lipinski definition) is 3. The van der Waals surface area contributed by atoms with Crippen LogP contribution in [0.4, 0.5) is 5.69 Å². The minimum atomic E-state index is 0.739. The summed E-state index contributed by atoms with van der Waals surface area (Å²) in [5.41, 5.74) is 4.55. The van der Waals surface area contributed by atoms with Gasteiger partial charge in [-0.05, 0) is 31.0 Å². The highest BCUT2D eigenvalue weighted by Gasteiger charge is 2.24. The van der Waals surface area contributed by atoms with E-state index in [0.717, 1.165) is 42.4 Å². The summed E-state index contributed by atoms with van der Waals surface area (Å²) in [6.45, 7) is 5.10. The number of anilines is 1. The largest absolute Gasteiger partial charge is 0.305 e. The molecule has 0 N–H and O–H groups in total. The molecule has 0 amide bonds. The van der Waals surface area contributed by atoms with Crippen molar-refractivity contribution in [2.45, 2.75) is 19.9 Å². The zero-order valence-corrected chi connectivity index (χ0v) is 14.4. The second-order valence-electron chi connectivity index (χ2n) is 6.64. The van der Waals surface area contributed by atoms with Gasteiger partial charge in [-0.25, -0.2) is 5.01 Å². The summed E-state index contributed by atoms with van der Waals surface area (Å²) in [5.74, 6) is 0. The zero-order valence-electron chi connectivity index (χ0n) is 14.4. The summed E-state index contributed by atoms with van der Waals surface area (Å²) in [5, 5.41) is 16.4. The molecule has 0 aromatic heterocycles. The standard InChI is InChI=1S/C22H21N3/c1-17-7-9-18(10-8-17)16-24-13-4-14-25(24)22-12-11-19(15-23)20-5-2-3-6-21(20)22/h2-3,5-12H,4,13-14,16H2,1H3. The molecule has 1 saturated heterocycles. The van der Waals surface area contributed by atoms with E-state index in [0.29, 0.717) is 0 Å². The number of nitrogens with zero attached hydrogens (tertiary/aromatic N) is 3. The molecule has 124 valence electrons. The van der Waals surface area contributed by atoms with Crippen molar-refractivity contribution in [1.82, 2.24) is 5.01 Å². The molecule has 0 bridgehead atoms. The third kappa shape index (κ3) is 2.97. The Bertz CT molecular complexity index is 938. The van der Waals surface area contributed by atoms with Crippen LogP contribution in [0.25, 0.3) is 10.8 Å². The first-order valence-electron chi connectivity index (χ1n) is 8.76. The fraction of sp³-hybridized carbons (Fsp3) is 0.227. The molecule has 3 heteroatoms. The highest BCUT2D eigenvalue weighted by molar-refractivity contribution is 5.97. The lowest BCUT2D eigenvalue weighted by molar-refractivity contribution is 0.304. The first-order valence-corrected chi connectivity index (χ1v) is 8.76. The van der Waals surface area contributed by atoms with Crippen LogP contribution in [0, 0.1) is 18.3 Å². The highest BCUT2D eigenvalue weighted by Crippen LogP contribution is 2.32. The maximum atomic E-state index is 9.39. The Morgan fingerprint density at radius 3 is 2.44 bits per heavy atom. The fourth-order valence-corrected chi connectivity index (χ4v) is 3.61. The molecule has 0 aliphatic carbocycles. The van der Waals surface area contributed by atoms with Gasteiger partial charge < -0.3 is 5.01 Å². The topological polar surface area (TPSA) is 30.3 Å². The third-order valence-corrected chi connectivity index (χ3v) is 4.91. The molecule has 1 fully saturated rings. The van der Waals surface area contributed by atoms with Crippen LogP contribution in [0.15, 0.2) is 60.7 Å². The number of fused-ring (bicyclic) bond motifs is 1. The first-order chi connectivity index (χ1) is 12.3. The highest BCUT2D eigenvalue weighted by atomic mass is 15.6. The predicted octanol–water partition coefficient (Wildman–Crippen LogP) is 4.65. The number of hydrogen-bond donors (Lipinski definition) is 0. The monoisotopic (exact) mass is 327 g/mol. The van der Waals surface area contributed by atoms with Crippen LogP contribution >= 0.6 is 0 Å². The molecule has 4 rings (SSSR count). The van der Waals surface area contributed by atoms with Gasteiger partial charge in [-0.2, -0.15) is 5.26 Å². The van der Waals surface area contributed by atoms with Crippen LogP contribution in [0.3, 0.4) is 0 Å². The van der Waals surface area contributed by atoms with E-state index in [9.17, 15) is 5.26 Å². The Morgan fingerprint density at radius 1 is 0.920 bits per heavy atom. The molecule has 0 saturated carbocycles. The van der Waals surface area contributed by atoms with Crippen LogP contribution in [0.1, 0.15) is 23.1 Å². The Labute approximate surface area is 148 Å². The zero-order chi connectivity index (χ0) is 17.2. The quantitative estimate of drug-likeness (QED) is 0.701. The molecule has 25 heavy (non-hydrogen) atoms. The maximum absolute atomic E-state index is 9.39. The second-order valence-corrected chi connectivity index (χ2v) is 6.64. The van der Waals surface area contributed by atoms with Crippen molar-refractivity contribution in [1.29, 1.82) is 5.26 Å². The smallest absolute Gasteiger partial charge is 0.0998 e. The molecule has 1 aliphatic heterocycles. The molecule has 3 nitrogen and oxygen atoms in total. The Balaban J connectivity index is 1.70. The summed E-state index contributed by atoms with van der Waals surface area (Å²) >= 11 is 0. The third-order valence-electron chi connectivity index (χ3n) is 4.91. The molecule has 0 radical (unpaired) electrons. The van der Waals surface area contributed by atoms with Gasteiger partial charge in [-0.1, -0.05) is 54.1 Å². The van der Waals surface area contributed by atoms with E-state index >= 15 is 0 Å². The average molecular weight is 327 g/mol. The number of nitriles is 1. The van der Waals surface area contributed by atoms with Gasteiger partial charge in [0.1, 0.15) is 0 Å². The lowest BCUT2D eigenvalue weighted by Crippen LogP contribution is -2.36. The Hall–Kier alpha value is -2.83. The predicted molar refractivity (Wildman–Crippen MR) is 102 cm³/mol. The van der Waals surface area contributed by atoms with Crippen LogP contribution < -0.4 is 5.01 Å². The molecule has 1 aliphatic rings. The van der Waals surface area contributed by atoms with E-state index in [2.05, 4.69) is 59.4 Å². The number of rotatable bonds is 3. The van der Waals surface area contributed by atoms with Crippen molar-refractivity contribution in [3.63, 3.8) is 0 Å². The summed E-state index contributed by atoms with van der Waals surface area (Å²) in [6, 6.07) is 23.3. The van der Waals surface area contributed by atoms with Crippen molar-refractivity contribution < 1.29 is 0 Å². The molecule has 3 aromatic carbocycles. The van der Waals surface area contributed by atoms with Gasteiger partial charge in [-0.3, -0.25) is 0 Å². The van der Waals surface area contributed by atoms with Crippen LogP contribution in [0.5, 0.6) is 0 Å². The van der Waals surface area contributed by atoms with Crippen molar-refractivity contribution in [2.24, 2.45) is 0 Å². The second kappa shape index (κ2) is 6.58. The summed E-state index contributed by atoms with van der Waals surface area (Å²) < 4.78 is 0. The van der Waals surface area contributed by atoms with Gasteiger partial charge in [0.2, 0.25) is 0 Å². The number of aryl methyl sites for hydroxylation is 1. The molecule has 0 spiro atoms. The van der Waals surface area contributed by atoms with Crippen molar-refractivity contribution >= 4 is 16.5 Å². The molecular weight excluding hydrogens is 306 g/mol. The lowest BCUT2D eigenvalue weighted by Gasteiger charge is -2.31. The van der Waals surface area contributed by atoms with Crippen molar-refractivity contribution in [2.75, 3.05) is 18.1 Å². The minimum absolute atomic E-state index is 0.739.